The second kappa shape index (κ2) is 6.07. The first-order valence-corrected chi connectivity index (χ1v) is 7.77. The van der Waals surface area contributed by atoms with Crippen molar-refractivity contribution in [2.45, 2.75) is 19.5 Å². The number of halogens is 5. The minimum atomic E-state index is -4.53. The fourth-order valence-corrected chi connectivity index (χ4v) is 2.82. The van der Waals surface area contributed by atoms with E-state index >= 15 is 0 Å². The average molecular weight is 473 g/mol. The van der Waals surface area contributed by atoms with Crippen molar-refractivity contribution in [1.29, 1.82) is 0 Å². The Hall–Kier alpha value is -0.900. The van der Waals surface area contributed by atoms with E-state index in [-0.39, 0.29) is 11.4 Å². The molecule has 2 rings (SSSR count). The van der Waals surface area contributed by atoms with Crippen LogP contribution in [0.15, 0.2) is 27.5 Å². The predicted molar refractivity (Wildman–Crippen MR) is 85.1 cm³/mol. The number of nitrogens with zero attached hydrogens (tertiary/aromatic N) is 1. The molecule has 1 heterocycles. The van der Waals surface area contributed by atoms with Crippen LogP contribution in [0, 0.1) is 3.57 Å². The van der Waals surface area contributed by atoms with Gasteiger partial charge in [-0.1, -0.05) is 22.9 Å². The van der Waals surface area contributed by atoms with Crippen LogP contribution in [0.1, 0.15) is 18.2 Å². The van der Waals surface area contributed by atoms with Gasteiger partial charge >= 0.3 is 6.18 Å². The lowest BCUT2D eigenvalue weighted by Crippen LogP contribution is -2.17. The van der Waals surface area contributed by atoms with Crippen molar-refractivity contribution in [2.24, 2.45) is 0 Å². The molecule has 21 heavy (non-hydrogen) atoms. The summed E-state index contributed by atoms with van der Waals surface area (Å²) in [5.74, 6) is -0.0721. The molecule has 0 saturated heterocycles. The molecule has 1 aromatic carbocycles. The first-order chi connectivity index (χ1) is 9.74. The quantitative estimate of drug-likeness (QED) is 0.659. The molecule has 0 amide bonds. The van der Waals surface area contributed by atoms with Gasteiger partial charge in [-0.15, -0.1) is 0 Å². The molecule has 0 aliphatic carbocycles. The lowest BCUT2D eigenvalue weighted by Gasteiger charge is -2.13. The van der Waals surface area contributed by atoms with Crippen molar-refractivity contribution >= 4 is 38.5 Å². The van der Waals surface area contributed by atoms with Gasteiger partial charge in [-0.25, -0.2) is 4.98 Å². The van der Waals surface area contributed by atoms with Gasteiger partial charge in [0.05, 0.1) is 14.8 Å². The number of hydrogen-bond acceptors (Lipinski definition) is 2. The molecule has 8 heteroatoms. The van der Waals surface area contributed by atoms with Crippen LogP contribution in [0.4, 0.5) is 13.2 Å². The minimum Gasteiger partial charge on any atom is -0.306 e. The van der Waals surface area contributed by atoms with E-state index in [4.69, 9.17) is 0 Å². The molecule has 0 saturated carbocycles. The van der Waals surface area contributed by atoms with E-state index in [0.717, 1.165) is 6.07 Å². The highest BCUT2D eigenvalue weighted by Crippen LogP contribution is 2.37. The molecule has 0 radical (unpaired) electrons. The first-order valence-electron chi connectivity index (χ1n) is 5.89. The van der Waals surface area contributed by atoms with Crippen molar-refractivity contribution < 1.29 is 13.2 Å². The van der Waals surface area contributed by atoms with E-state index in [2.05, 4.69) is 25.9 Å². The van der Waals surface area contributed by atoms with Gasteiger partial charge in [0.25, 0.3) is 5.56 Å². The molecule has 1 aromatic heterocycles. The number of aryl methyl sites for hydroxylation is 1. The topological polar surface area (TPSA) is 45.8 Å². The second-order valence-corrected chi connectivity index (χ2v) is 6.21. The maximum absolute atomic E-state index is 13.1. The molecule has 0 aliphatic heterocycles. The van der Waals surface area contributed by atoms with Gasteiger partial charge in [0, 0.05) is 10.0 Å². The lowest BCUT2D eigenvalue weighted by atomic mass is 10.1. The number of aromatic amines is 1. The Morgan fingerprint density at radius 1 is 1.38 bits per heavy atom. The van der Waals surface area contributed by atoms with Gasteiger partial charge in [0.15, 0.2) is 0 Å². The Kier molecular flexibility index (Phi) is 4.76. The summed E-state index contributed by atoms with van der Waals surface area (Å²) < 4.78 is 40.1. The smallest absolute Gasteiger partial charge is 0.306 e. The van der Waals surface area contributed by atoms with E-state index in [0.29, 0.717) is 20.2 Å². The lowest BCUT2D eigenvalue weighted by molar-refractivity contribution is -0.137. The number of benzene rings is 1. The van der Waals surface area contributed by atoms with Crippen LogP contribution >= 0.6 is 38.5 Å². The van der Waals surface area contributed by atoms with Gasteiger partial charge in [0.2, 0.25) is 0 Å². The third-order valence-electron chi connectivity index (χ3n) is 2.81. The number of aromatic nitrogens is 2. The van der Waals surface area contributed by atoms with Crippen LogP contribution in [-0.4, -0.2) is 9.97 Å². The van der Waals surface area contributed by atoms with Crippen molar-refractivity contribution in [2.75, 3.05) is 0 Å². The maximum Gasteiger partial charge on any atom is 0.417 e. The molecule has 0 bridgehead atoms. The van der Waals surface area contributed by atoms with Crippen LogP contribution in [0.5, 0.6) is 0 Å². The zero-order chi connectivity index (χ0) is 15.8. The summed E-state index contributed by atoms with van der Waals surface area (Å²) in [6.07, 6.45) is -4.07. The van der Waals surface area contributed by atoms with Crippen molar-refractivity contribution in [3.05, 3.63) is 47.9 Å². The number of hydrogen-bond donors (Lipinski definition) is 1. The summed E-state index contributed by atoms with van der Waals surface area (Å²) in [7, 11) is 0. The molecule has 0 fully saturated rings. The third-order valence-corrected chi connectivity index (χ3v) is 4.41. The first kappa shape index (κ1) is 16.5. The molecule has 1 N–H and O–H groups in total. The largest absolute Gasteiger partial charge is 0.417 e. The maximum atomic E-state index is 13.1. The molecule has 0 atom stereocenters. The van der Waals surface area contributed by atoms with E-state index in [1.807, 2.05) is 22.6 Å². The molecule has 0 aliphatic rings. The highest BCUT2D eigenvalue weighted by atomic mass is 127. The average Bonchev–Trinajstić information content (AvgIpc) is 2.40. The normalized spacial score (nSPS) is 11.7. The molecular formula is C13H9BrF3IN2O. The molecule has 0 spiro atoms. The van der Waals surface area contributed by atoms with Crippen LogP contribution < -0.4 is 5.56 Å². The van der Waals surface area contributed by atoms with E-state index in [1.165, 1.54) is 12.1 Å². The van der Waals surface area contributed by atoms with E-state index in [1.54, 1.807) is 6.92 Å². The van der Waals surface area contributed by atoms with Crippen molar-refractivity contribution in [3.63, 3.8) is 0 Å². The Morgan fingerprint density at radius 3 is 2.62 bits per heavy atom. The number of H-pyrrole nitrogens is 1. The zero-order valence-corrected chi connectivity index (χ0v) is 14.4. The summed E-state index contributed by atoms with van der Waals surface area (Å²) >= 11 is 4.86. The Morgan fingerprint density at radius 2 is 2.05 bits per heavy atom. The van der Waals surface area contributed by atoms with Crippen LogP contribution in [0.2, 0.25) is 0 Å². The fourth-order valence-electron chi connectivity index (χ4n) is 1.82. The van der Waals surface area contributed by atoms with Gasteiger partial charge < -0.3 is 4.98 Å². The standard InChI is InChI=1S/C13H9BrF3IN2O/c1-2-9-10(18)12(21)20-11(19-9)7-4-3-6(14)5-8(7)13(15,16)17/h3-5H,2H2,1H3,(H,19,20,21). The number of alkyl halides is 3. The molecule has 112 valence electrons. The van der Waals surface area contributed by atoms with Gasteiger partial charge in [-0.3, -0.25) is 4.79 Å². The summed E-state index contributed by atoms with van der Waals surface area (Å²) in [5.41, 5.74) is -0.948. The van der Waals surface area contributed by atoms with Gasteiger partial charge in [-0.05, 0) is 47.2 Å². The summed E-state index contributed by atoms with van der Waals surface area (Å²) in [5, 5.41) is 0. The summed E-state index contributed by atoms with van der Waals surface area (Å²) in [6.45, 7) is 1.79. The van der Waals surface area contributed by atoms with E-state index < -0.39 is 17.3 Å². The molecule has 2 aromatic rings. The van der Waals surface area contributed by atoms with E-state index in [9.17, 15) is 18.0 Å². The highest BCUT2D eigenvalue weighted by molar-refractivity contribution is 14.1. The van der Waals surface area contributed by atoms with Crippen molar-refractivity contribution in [3.8, 4) is 11.4 Å². The SMILES string of the molecule is CCc1nc(-c2ccc(Br)cc2C(F)(F)F)[nH]c(=O)c1I. The Balaban J connectivity index is 2.73. The second-order valence-electron chi connectivity index (χ2n) is 4.22. The Labute approximate surface area is 140 Å². The number of rotatable bonds is 2. The van der Waals surface area contributed by atoms with Crippen LogP contribution in [-0.2, 0) is 12.6 Å². The van der Waals surface area contributed by atoms with Crippen LogP contribution in [0.25, 0.3) is 11.4 Å². The van der Waals surface area contributed by atoms with Crippen LogP contribution in [0.3, 0.4) is 0 Å². The monoisotopic (exact) mass is 472 g/mol. The molecule has 0 unspecified atom stereocenters. The third kappa shape index (κ3) is 3.47. The minimum absolute atomic E-state index is 0.0721. The van der Waals surface area contributed by atoms with Crippen molar-refractivity contribution in [1.82, 2.24) is 9.97 Å². The van der Waals surface area contributed by atoms with Gasteiger partial charge in [0.1, 0.15) is 5.82 Å². The summed E-state index contributed by atoms with van der Waals surface area (Å²) in [4.78, 5) is 18.4. The number of nitrogens with one attached hydrogen (secondary N) is 1. The molecular weight excluding hydrogens is 464 g/mol. The Bertz CT molecular complexity index is 743. The fraction of sp³-hybridized carbons (Fsp3) is 0.231. The highest BCUT2D eigenvalue weighted by Gasteiger charge is 2.34. The summed E-state index contributed by atoms with van der Waals surface area (Å²) in [6, 6.07) is 3.74. The van der Waals surface area contributed by atoms with Gasteiger partial charge in [-0.2, -0.15) is 13.2 Å². The predicted octanol–water partition coefficient (Wildman–Crippen LogP) is 4.39. The molecule has 3 nitrogen and oxygen atoms in total. The zero-order valence-electron chi connectivity index (χ0n) is 10.7.